The summed E-state index contributed by atoms with van der Waals surface area (Å²) in [4.78, 5) is 3.35. The molecule has 0 bridgehead atoms. The number of nitrogens with one attached hydrogen (secondary N) is 1. The Balaban J connectivity index is 2.10. The minimum absolute atomic E-state index is 0.173. The molecule has 0 amide bonds. The van der Waals surface area contributed by atoms with Crippen LogP contribution in [0.25, 0.3) is 0 Å². The number of nitriles is 1. The van der Waals surface area contributed by atoms with Crippen molar-refractivity contribution in [3.63, 3.8) is 0 Å². The van der Waals surface area contributed by atoms with Crippen LogP contribution in [0.1, 0.15) is 25.7 Å². The predicted molar refractivity (Wildman–Crippen MR) is 84.0 cm³/mol. The number of nitrogens with zero attached hydrogens (tertiary/aromatic N) is 2. The van der Waals surface area contributed by atoms with Gasteiger partial charge < -0.3 is 0 Å². The third-order valence-electron chi connectivity index (χ3n) is 3.07. The lowest BCUT2D eigenvalue weighted by Crippen LogP contribution is -2.18. The van der Waals surface area contributed by atoms with Gasteiger partial charge in [-0.05, 0) is 55.2 Å². The highest BCUT2D eigenvalue weighted by atomic mass is 32.2. The van der Waals surface area contributed by atoms with Crippen molar-refractivity contribution < 1.29 is 8.42 Å². The third kappa shape index (κ3) is 4.34. The second-order valence-electron chi connectivity index (χ2n) is 4.51. The van der Waals surface area contributed by atoms with Crippen LogP contribution in [0.3, 0.4) is 0 Å². The smallest absolute Gasteiger partial charge is 0.200 e. The molecule has 0 unspecified atom stereocenters. The molecule has 0 fully saturated rings. The molecular weight excluding hydrogens is 306 g/mol. The van der Waals surface area contributed by atoms with Gasteiger partial charge in [0.25, 0.3) is 10.0 Å². The normalized spacial score (nSPS) is 16.0. The van der Waals surface area contributed by atoms with Crippen molar-refractivity contribution in [1.29, 1.82) is 5.26 Å². The van der Waals surface area contributed by atoms with E-state index in [-0.39, 0.29) is 4.90 Å². The van der Waals surface area contributed by atoms with Crippen LogP contribution in [-0.4, -0.2) is 14.6 Å². The van der Waals surface area contributed by atoms with E-state index in [0.29, 0.717) is 0 Å². The Kier molecular flexibility index (Phi) is 5.42. The van der Waals surface area contributed by atoms with Crippen LogP contribution in [0.2, 0.25) is 0 Å². The van der Waals surface area contributed by atoms with Gasteiger partial charge in [-0.1, -0.05) is 18.2 Å². The minimum Gasteiger partial charge on any atom is -0.200 e. The molecule has 0 aliphatic heterocycles. The molecule has 2 rings (SSSR count). The summed E-state index contributed by atoms with van der Waals surface area (Å²) in [5.74, 6) is 0. The van der Waals surface area contributed by atoms with Crippen LogP contribution in [-0.2, 0) is 10.0 Å². The average molecular weight is 321 g/mol. The van der Waals surface area contributed by atoms with Crippen LogP contribution in [0.4, 0.5) is 0 Å². The fourth-order valence-electron chi connectivity index (χ4n) is 2.04. The molecule has 0 saturated heterocycles. The second kappa shape index (κ2) is 7.29. The van der Waals surface area contributed by atoms with E-state index in [9.17, 15) is 8.42 Å². The molecule has 1 aromatic rings. The molecule has 7 heteroatoms. The Morgan fingerprint density at radius 1 is 1.24 bits per heavy atom. The first-order valence-corrected chi connectivity index (χ1v) is 8.81. The molecular formula is C14H15N3O2S2. The second-order valence-corrected chi connectivity index (χ2v) is 7.06. The number of sulfonamides is 1. The molecule has 21 heavy (non-hydrogen) atoms. The number of rotatable bonds is 5. The first kappa shape index (κ1) is 15.6. The summed E-state index contributed by atoms with van der Waals surface area (Å²) < 4.78 is 24.0. The van der Waals surface area contributed by atoms with Crippen molar-refractivity contribution in [3.05, 3.63) is 40.8 Å². The quantitative estimate of drug-likeness (QED) is 0.513. The molecule has 1 aliphatic carbocycles. The lowest BCUT2D eigenvalue weighted by molar-refractivity contribution is 0.584. The Labute approximate surface area is 128 Å². The van der Waals surface area contributed by atoms with Gasteiger partial charge in [-0.2, -0.15) is 18.8 Å². The van der Waals surface area contributed by atoms with E-state index in [1.54, 1.807) is 18.2 Å². The molecule has 1 aromatic carbocycles. The zero-order valence-corrected chi connectivity index (χ0v) is 13.0. The lowest BCUT2D eigenvalue weighted by atomic mass is 10.0. The minimum atomic E-state index is -3.63. The maximum atomic E-state index is 12.0. The Morgan fingerprint density at radius 2 is 1.95 bits per heavy atom. The summed E-state index contributed by atoms with van der Waals surface area (Å²) in [6, 6.07) is 8.08. The Hall–Kier alpha value is -1.78. The van der Waals surface area contributed by atoms with Crippen LogP contribution in [0.15, 0.2) is 50.8 Å². The van der Waals surface area contributed by atoms with Crippen molar-refractivity contribution in [2.75, 3.05) is 0 Å². The summed E-state index contributed by atoms with van der Waals surface area (Å²) >= 11 is 1.13. The SMILES string of the molecule is N#CSC1=C(/C=N/NS(=O)(=O)c2ccccc2)CCCC1. The summed E-state index contributed by atoms with van der Waals surface area (Å²) in [5.41, 5.74) is 0.934. The zero-order chi connectivity index (χ0) is 15.1. The standard InChI is InChI=1S/C14H15N3O2S2/c15-11-20-14-9-5-4-6-12(14)10-16-17-21(18,19)13-7-2-1-3-8-13/h1-3,7-8,10,17H,4-6,9H2/b16-10+. The van der Waals surface area contributed by atoms with E-state index in [1.165, 1.54) is 18.3 Å². The molecule has 5 nitrogen and oxygen atoms in total. The topological polar surface area (TPSA) is 82.3 Å². The molecule has 1 N–H and O–H groups in total. The van der Waals surface area contributed by atoms with Gasteiger partial charge in [-0.3, -0.25) is 0 Å². The Bertz CT molecular complexity index is 689. The van der Waals surface area contributed by atoms with Gasteiger partial charge >= 0.3 is 0 Å². The first-order valence-electron chi connectivity index (χ1n) is 6.51. The first-order chi connectivity index (χ1) is 10.1. The fraction of sp³-hybridized carbons (Fsp3) is 0.286. The molecule has 0 saturated carbocycles. The lowest BCUT2D eigenvalue weighted by Gasteiger charge is -2.14. The number of benzene rings is 1. The highest BCUT2D eigenvalue weighted by Gasteiger charge is 2.13. The third-order valence-corrected chi connectivity index (χ3v) is 5.12. The van der Waals surface area contributed by atoms with Crippen molar-refractivity contribution in [1.82, 2.24) is 4.83 Å². The predicted octanol–water partition coefficient (Wildman–Crippen LogP) is 2.99. The largest absolute Gasteiger partial charge is 0.276 e. The van der Waals surface area contributed by atoms with Gasteiger partial charge in [0.05, 0.1) is 11.1 Å². The van der Waals surface area contributed by atoms with E-state index in [1.807, 2.05) is 0 Å². The van der Waals surface area contributed by atoms with Crippen molar-refractivity contribution >= 4 is 28.0 Å². The number of hydrazone groups is 1. The van der Waals surface area contributed by atoms with Gasteiger partial charge in [0.1, 0.15) is 5.40 Å². The number of thioether (sulfide) groups is 1. The molecule has 0 heterocycles. The van der Waals surface area contributed by atoms with E-state index in [4.69, 9.17) is 5.26 Å². The van der Waals surface area contributed by atoms with Crippen LogP contribution < -0.4 is 4.83 Å². The zero-order valence-electron chi connectivity index (χ0n) is 11.3. The summed E-state index contributed by atoms with van der Waals surface area (Å²) in [5, 5.41) is 14.7. The summed E-state index contributed by atoms with van der Waals surface area (Å²) in [7, 11) is -3.63. The summed E-state index contributed by atoms with van der Waals surface area (Å²) in [6.07, 6.45) is 5.27. The molecule has 0 spiro atoms. The van der Waals surface area contributed by atoms with Crippen LogP contribution in [0.5, 0.6) is 0 Å². The average Bonchev–Trinajstić information content (AvgIpc) is 2.50. The Morgan fingerprint density at radius 3 is 2.67 bits per heavy atom. The van der Waals surface area contributed by atoms with Crippen molar-refractivity contribution in [2.24, 2.45) is 5.10 Å². The molecule has 0 aromatic heterocycles. The van der Waals surface area contributed by atoms with E-state index >= 15 is 0 Å². The number of hydrogen-bond acceptors (Lipinski definition) is 5. The van der Waals surface area contributed by atoms with Gasteiger partial charge in [-0.25, -0.2) is 4.83 Å². The molecule has 110 valence electrons. The van der Waals surface area contributed by atoms with E-state index in [2.05, 4.69) is 15.3 Å². The van der Waals surface area contributed by atoms with E-state index in [0.717, 1.165) is 47.9 Å². The van der Waals surface area contributed by atoms with Gasteiger partial charge in [0, 0.05) is 4.91 Å². The van der Waals surface area contributed by atoms with Crippen LogP contribution in [0, 0.1) is 10.7 Å². The highest BCUT2D eigenvalue weighted by molar-refractivity contribution is 8.07. The molecule has 1 aliphatic rings. The number of hydrogen-bond donors (Lipinski definition) is 1. The van der Waals surface area contributed by atoms with Gasteiger partial charge in [0.15, 0.2) is 0 Å². The number of allylic oxidation sites excluding steroid dienone is 2. The van der Waals surface area contributed by atoms with Crippen LogP contribution >= 0.6 is 11.8 Å². The van der Waals surface area contributed by atoms with E-state index < -0.39 is 10.0 Å². The highest BCUT2D eigenvalue weighted by Crippen LogP contribution is 2.31. The van der Waals surface area contributed by atoms with Crippen molar-refractivity contribution in [2.45, 2.75) is 30.6 Å². The molecule has 0 atom stereocenters. The maximum Gasteiger partial charge on any atom is 0.276 e. The van der Waals surface area contributed by atoms with Gasteiger partial charge in [0.2, 0.25) is 0 Å². The van der Waals surface area contributed by atoms with Crippen molar-refractivity contribution in [3.8, 4) is 5.40 Å². The monoisotopic (exact) mass is 321 g/mol. The summed E-state index contributed by atoms with van der Waals surface area (Å²) in [6.45, 7) is 0. The molecule has 0 radical (unpaired) electrons. The fourth-order valence-corrected chi connectivity index (χ4v) is 3.49. The van der Waals surface area contributed by atoms with Gasteiger partial charge in [-0.15, -0.1) is 0 Å². The number of thiocyanates is 1. The maximum absolute atomic E-state index is 12.0.